The monoisotopic (exact) mass is 523 g/mol. The van der Waals surface area contributed by atoms with Gasteiger partial charge in [0.05, 0.1) is 5.92 Å². The van der Waals surface area contributed by atoms with Crippen LogP contribution in [0.25, 0.3) is 12.2 Å². The van der Waals surface area contributed by atoms with Gasteiger partial charge in [-0.1, -0.05) is 53.7 Å². The third-order valence-electron chi connectivity index (χ3n) is 7.25. The Morgan fingerprint density at radius 2 is 1.78 bits per heavy atom. The number of sulfonamides is 1. The second kappa shape index (κ2) is 10.6. The summed E-state index contributed by atoms with van der Waals surface area (Å²) in [4.78, 5) is 15.2. The van der Waals surface area contributed by atoms with E-state index in [-0.39, 0.29) is 28.8 Å². The number of nitrogens with zero attached hydrogens (tertiary/aromatic N) is 3. The number of hydrogen-bond donors (Lipinski definition) is 0. The van der Waals surface area contributed by atoms with E-state index in [1.807, 2.05) is 23.1 Å². The summed E-state index contributed by atoms with van der Waals surface area (Å²) in [6.07, 6.45) is 5.04. The van der Waals surface area contributed by atoms with Crippen molar-refractivity contribution in [2.45, 2.75) is 37.0 Å². The number of aromatic nitrogens is 1. The highest BCUT2D eigenvalue weighted by Crippen LogP contribution is 2.32. The van der Waals surface area contributed by atoms with Crippen molar-refractivity contribution in [1.82, 2.24) is 14.4 Å². The molecule has 2 aliphatic heterocycles. The molecule has 0 unspecified atom stereocenters. The van der Waals surface area contributed by atoms with Gasteiger partial charge in [-0.3, -0.25) is 4.79 Å². The summed E-state index contributed by atoms with van der Waals surface area (Å²) < 4.78 is 48.1. The SMILES string of the molecule is Cc1noc(/C=C/c2ccccc2F)c1S(=O)(=O)N1CCC[C@H](C(=O)N2CC[C@H](c3ccccc3)C2)C1. The predicted octanol–water partition coefficient (Wildman–Crippen LogP) is 4.71. The number of hydrogen-bond acceptors (Lipinski definition) is 5. The van der Waals surface area contributed by atoms with Gasteiger partial charge in [-0.05, 0) is 50.0 Å². The van der Waals surface area contributed by atoms with Crippen molar-refractivity contribution in [1.29, 1.82) is 0 Å². The maximum atomic E-state index is 14.0. The average Bonchev–Trinajstić information content (AvgIpc) is 3.56. The molecule has 9 heteroatoms. The van der Waals surface area contributed by atoms with E-state index >= 15 is 0 Å². The molecule has 1 amide bonds. The van der Waals surface area contributed by atoms with E-state index in [0.29, 0.717) is 44.0 Å². The van der Waals surface area contributed by atoms with Crippen LogP contribution in [0, 0.1) is 18.7 Å². The zero-order valence-electron chi connectivity index (χ0n) is 20.7. The molecular weight excluding hydrogens is 493 g/mol. The Kier molecular flexibility index (Phi) is 7.26. The summed E-state index contributed by atoms with van der Waals surface area (Å²) in [5.41, 5.74) is 1.76. The van der Waals surface area contributed by atoms with Gasteiger partial charge in [-0.15, -0.1) is 0 Å². The fourth-order valence-electron chi connectivity index (χ4n) is 5.28. The summed E-state index contributed by atoms with van der Waals surface area (Å²) in [7, 11) is -3.98. The lowest BCUT2D eigenvalue weighted by atomic mass is 9.97. The lowest BCUT2D eigenvalue weighted by Crippen LogP contribution is -2.46. The van der Waals surface area contributed by atoms with Gasteiger partial charge in [0.25, 0.3) is 0 Å². The van der Waals surface area contributed by atoms with Crippen molar-refractivity contribution in [3.63, 3.8) is 0 Å². The highest BCUT2D eigenvalue weighted by atomic mass is 32.2. The fourth-order valence-corrected chi connectivity index (χ4v) is 7.06. The first kappa shape index (κ1) is 25.4. The molecule has 2 aliphatic rings. The minimum absolute atomic E-state index is 0.0139. The highest BCUT2D eigenvalue weighted by Gasteiger charge is 2.39. The number of aryl methyl sites for hydroxylation is 1. The maximum Gasteiger partial charge on any atom is 0.248 e. The molecule has 5 rings (SSSR count). The van der Waals surface area contributed by atoms with Crippen LogP contribution in [0.3, 0.4) is 0 Å². The van der Waals surface area contributed by atoms with Crippen molar-refractivity contribution < 1.29 is 22.1 Å². The molecule has 0 saturated carbocycles. The minimum atomic E-state index is -3.98. The summed E-state index contributed by atoms with van der Waals surface area (Å²) in [5, 5.41) is 3.87. The average molecular weight is 524 g/mol. The number of benzene rings is 2. The molecule has 2 saturated heterocycles. The van der Waals surface area contributed by atoms with E-state index in [0.717, 1.165) is 6.42 Å². The number of amides is 1. The molecule has 0 spiro atoms. The fraction of sp³-hybridized carbons (Fsp3) is 0.357. The van der Waals surface area contributed by atoms with Crippen molar-refractivity contribution in [3.05, 3.63) is 83.0 Å². The Labute approximate surface area is 216 Å². The second-order valence-electron chi connectivity index (χ2n) is 9.70. The molecule has 0 aliphatic carbocycles. The van der Waals surface area contributed by atoms with Crippen LogP contribution >= 0.6 is 0 Å². The molecule has 194 valence electrons. The number of halogens is 1. The van der Waals surface area contributed by atoms with E-state index in [9.17, 15) is 17.6 Å². The van der Waals surface area contributed by atoms with E-state index in [2.05, 4.69) is 17.3 Å². The number of piperidine rings is 1. The number of carbonyl (C=O) groups is 1. The van der Waals surface area contributed by atoms with E-state index in [4.69, 9.17) is 4.52 Å². The molecular formula is C28H30FN3O4S. The van der Waals surface area contributed by atoms with Gasteiger partial charge in [-0.2, -0.15) is 4.31 Å². The topological polar surface area (TPSA) is 83.7 Å². The number of rotatable bonds is 6. The molecule has 1 aromatic heterocycles. The van der Waals surface area contributed by atoms with Crippen LogP contribution in [0.15, 0.2) is 64.0 Å². The lowest BCUT2D eigenvalue weighted by molar-refractivity contribution is -0.135. The number of likely N-dealkylation sites (tertiary alicyclic amines) is 1. The molecule has 7 nitrogen and oxygen atoms in total. The molecule has 3 aromatic rings. The van der Waals surface area contributed by atoms with Gasteiger partial charge in [-0.25, -0.2) is 12.8 Å². The van der Waals surface area contributed by atoms with Gasteiger partial charge < -0.3 is 9.42 Å². The van der Waals surface area contributed by atoms with Crippen LogP contribution in [0.1, 0.15) is 47.8 Å². The second-order valence-corrected chi connectivity index (χ2v) is 11.6. The number of carbonyl (C=O) groups excluding carboxylic acids is 1. The van der Waals surface area contributed by atoms with Crippen LogP contribution in [-0.4, -0.2) is 54.9 Å². The third kappa shape index (κ3) is 5.24. The van der Waals surface area contributed by atoms with Gasteiger partial charge in [0.15, 0.2) is 10.7 Å². The van der Waals surface area contributed by atoms with Crippen LogP contribution < -0.4 is 0 Å². The smallest absolute Gasteiger partial charge is 0.248 e. The Hall–Kier alpha value is -3.30. The first-order chi connectivity index (χ1) is 17.8. The summed E-state index contributed by atoms with van der Waals surface area (Å²) in [6, 6.07) is 16.4. The Bertz CT molecular complexity index is 1400. The summed E-state index contributed by atoms with van der Waals surface area (Å²) in [6.45, 7) is 3.34. The molecule has 37 heavy (non-hydrogen) atoms. The minimum Gasteiger partial charge on any atom is -0.355 e. The molecule has 2 aromatic carbocycles. The third-order valence-corrected chi connectivity index (χ3v) is 9.28. The lowest BCUT2D eigenvalue weighted by Gasteiger charge is -2.33. The standard InChI is InChI=1S/C28H30FN3O4S/c1-20-27(26(36-30-20)14-13-22-10-5-6-12-25(22)29)37(34,35)32-16-7-11-24(19-32)28(33)31-17-15-23(18-31)21-8-3-2-4-9-21/h2-6,8-10,12-14,23-24H,7,11,15-19H2,1H3/b14-13+/t23-,24-/m0/s1. The van der Waals surface area contributed by atoms with Crippen LogP contribution in [0.4, 0.5) is 4.39 Å². The summed E-state index contributed by atoms with van der Waals surface area (Å²) in [5.74, 6) is -0.458. The molecule has 2 atom stereocenters. The zero-order chi connectivity index (χ0) is 26.0. The normalized spacial score (nSPS) is 21.1. The van der Waals surface area contributed by atoms with Crippen molar-refractivity contribution in [2.24, 2.45) is 5.92 Å². The molecule has 0 bridgehead atoms. The summed E-state index contributed by atoms with van der Waals surface area (Å²) >= 11 is 0. The predicted molar refractivity (Wildman–Crippen MR) is 138 cm³/mol. The van der Waals surface area contributed by atoms with E-state index in [1.165, 1.54) is 28.1 Å². The zero-order valence-corrected chi connectivity index (χ0v) is 21.5. The van der Waals surface area contributed by atoms with E-state index < -0.39 is 21.8 Å². The Morgan fingerprint density at radius 1 is 1.03 bits per heavy atom. The van der Waals surface area contributed by atoms with Crippen molar-refractivity contribution in [3.8, 4) is 0 Å². The van der Waals surface area contributed by atoms with Crippen LogP contribution in [0.2, 0.25) is 0 Å². The largest absolute Gasteiger partial charge is 0.355 e. The van der Waals surface area contributed by atoms with Gasteiger partial charge in [0.2, 0.25) is 15.9 Å². The highest BCUT2D eigenvalue weighted by molar-refractivity contribution is 7.89. The van der Waals surface area contributed by atoms with E-state index in [1.54, 1.807) is 25.1 Å². The molecule has 2 fully saturated rings. The Balaban J connectivity index is 1.31. The van der Waals surface area contributed by atoms with Gasteiger partial charge in [0.1, 0.15) is 11.5 Å². The van der Waals surface area contributed by atoms with Gasteiger partial charge >= 0.3 is 0 Å². The first-order valence-corrected chi connectivity index (χ1v) is 14.0. The quantitative estimate of drug-likeness (QED) is 0.467. The maximum absolute atomic E-state index is 14.0. The van der Waals surface area contributed by atoms with Gasteiger partial charge in [0, 0.05) is 37.7 Å². The molecule has 0 radical (unpaired) electrons. The van der Waals surface area contributed by atoms with Crippen molar-refractivity contribution >= 4 is 28.1 Å². The first-order valence-electron chi connectivity index (χ1n) is 12.6. The Morgan fingerprint density at radius 3 is 2.57 bits per heavy atom. The molecule has 3 heterocycles. The molecule has 0 N–H and O–H groups in total. The van der Waals surface area contributed by atoms with Crippen LogP contribution in [0.5, 0.6) is 0 Å². The van der Waals surface area contributed by atoms with Crippen LogP contribution in [-0.2, 0) is 14.8 Å². The van der Waals surface area contributed by atoms with Crippen molar-refractivity contribution in [2.75, 3.05) is 26.2 Å².